The van der Waals surface area contributed by atoms with Gasteiger partial charge in [0.2, 0.25) is 5.91 Å². The second-order valence-corrected chi connectivity index (χ2v) is 10.1. The summed E-state index contributed by atoms with van der Waals surface area (Å²) in [5, 5.41) is 11.1. The predicted molar refractivity (Wildman–Crippen MR) is 133 cm³/mol. The van der Waals surface area contributed by atoms with Crippen molar-refractivity contribution in [3.8, 4) is 17.3 Å². The fourth-order valence-corrected chi connectivity index (χ4v) is 4.20. The maximum absolute atomic E-state index is 13.3. The van der Waals surface area contributed by atoms with E-state index in [-0.39, 0.29) is 17.9 Å². The summed E-state index contributed by atoms with van der Waals surface area (Å²) >= 11 is 0. The molecule has 0 bridgehead atoms. The Labute approximate surface area is 205 Å². The van der Waals surface area contributed by atoms with Crippen molar-refractivity contribution in [1.82, 2.24) is 24.6 Å². The Bertz CT molecular complexity index is 1260. The van der Waals surface area contributed by atoms with Crippen LogP contribution in [0.4, 0.5) is 5.82 Å². The zero-order valence-corrected chi connectivity index (χ0v) is 21.1. The first-order chi connectivity index (χ1) is 16.6. The number of anilines is 1. The van der Waals surface area contributed by atoms with E-state index in [2.05, 4.69) is 20.5 Å². The third kappa shape index (κ3) is 5.03. The van der Waals surface area contributed by atoms with Crippen LogP contribution in [0.5, 0.6) is 5.75 Å². The van der Waals surface area contributed by atoms with Crippen LogP contribution in [0.15, 0.2) is 36.7 Å². The number of nitrogens with zero attached hydrogens (tertiary/aromatic N) is 5. The van der Waals surface area contributed by atoms with E-state index in [9.17, 15) is 9.59 Å². The van der Waals surface area contributed by atoms with E-state index in [1.54, 1.807) is 19.5 Å². The minimum absolute atomic E-state index is 0.0974. The van der Waals surface area contributed by atoms with Gasteiger partial charge in [0.25, 0.3) is 5.91 Å². The molecule has 0 atom stereocenters. The summed E-state index contributed by atoms with van der Waals surface area (Å²) in [6, 6.07) is 9.27. The van der Waals surface area contributed by atoms with Crippen molar-refractivity contribution < 1.29 is 14.3 Å². The minimum Gasteiger partial charge on any atom is -0.496 e. The quantitative estimate of drug-likeness (QED) is 0.595. The molecule has 0 spiro atoms. The van der Waals surface area contributed by atoms with Gasteiger partial charge in [-0.05, 0) is 55.7 Å². The molecular weight excluding hydrogens is 444 g/mol. The number of benzene rings is 1. The molecule has 0 saturated heterocycles. The van der Waals surface area contributed by atoms with Crippen molar-refractivity contribution in [2.45, 2.75) is 53.6 Å². The highest BCUT2D eigenvalue weighted by Crippen LogP contribution is 2.30. The normalized spacial score (nSPS) is 13.5. The molecule has 9 nitrogen and oxygen atoms in total. The molecule has 0 fully saturated rings. The van der Waals surface area contributed by atoms with Crippen LogP contribution in [0.1, 0.15) is 62.1 Å². The maximum Gasteiger partial charge on any atom is 0.260 e. The fraction of sp³-hybridized carbons (Fsp3) is 0.423. The minimum atomic E-state index is -0.458. The number of aromatic nitrogens is 4. The Balaban J connectivity index is 1.60. The molecule has 184 valence electrons. The van der Waals surface area contributed by atoms with Crippen LogP contribution in [0.2, 0.25) is 0 Å². The fourth-order valence-electron chi connectivity index (χ4n) is 4.20. The van der Waals surface area contributed by atoms with E-state index in [0.29, 0.717) is 41.7 Å². The molecule has 2 aromatic heterocycles. The van der Waals surface area contributed by atoms with Crippen LogP contribution >= 0.6 is 0 Å². The summed E-state index contributed by atoms with van der Waals surface area (Å²) in [5.74, 6) is 1.29. The van der Waals surface area contributed by atoms with Crippen molar-refractivity contribution in [2.24, 2.45) is 5.41 Å². The molecular formula is C26H32N6O3. The number of fused-ring (bicyclic) bond motifs is 1. The highest BCUT2D eigenvalue weighted by molar-refractivity contribution is 6.06. The number of carbonyl (C=O) groups excluding carboxylic acids is 2. The van der Waals surface area contributed by atoms with Crippen LogP contribution in [0.25, 0.3) is 11.5 Å². The lowest BCUT2D eigenvalue weighted by Gasteiger charge is -2.34. The Morgan fingerprint density at radius 2 is 1.91 bits per heavy atom. The van der Waals surface area contributed by atoms with Gasteiger partial charge in [-0.15, -0.1) is 10.2 Å². The molecule has 1 N–H and O–H groups in total. The van der Waals surface area contributed by atoms with Gasteiger partial charge in [-0.2, -0.15) is 0 Å². The monoisotopic (exact) mass is 476 g/mol. The zero-order chi connectivity index (χ0) is 25.3. The van der Waals surface area contributed by atoms with E-state index >= 15 is 0 Å². The molecule has 2 amide bonds. The number of ether oxygens (including phenoxy) is 1. The van der Waals surface area contributed by atoms with Gasteiger partial charge >= 0.3 is 0 Å². The van der Waals surface area contributed by atoms with E-state index in [0.717, 1.165) is 17.5 Å². The first-order valence-electron chi connectivity index (χ1n) is 11.8. The van der Waals surface area contributed by atoms with Gasteiger partial charge in [0.15, 0.2) is 5.82 Å². The van der Waals surface area contributed by atoms with E-state index < -0.39 is 5.41 Å². The molecule has 0 saturated carbocycles. The lowest BCUT2D eigenvalue weighted by atomic mass is 9.91. The average Bonchev–Trinajstić information content (AvgIpc) is 3.32. The molecule has 0 aliphatic carbocycles. The van der Waals surface area contributed by atoms with E-state index in [1.807, 2.05) is 68.4 Å². The number of nitrogens with one attached hydrogen (secondary N) is 1. The lowest BCUT2D eigenvalue weighted by molar-refractivity contribution is -0.140. The highest BCUT2D eigenvalue weighted by Gasteiger charge is 2.30. The van der Waals surface area contributed by atoms with Gasteiger partial charge in [0, 0.05) is 24.5 Å². The topological polar surface area (TPSA) is 102 Å². The lowest BCUT2D eigenvalue weighted by Crippen LogP contribution is -2.42. The summed E-state index contributed by atoms with van der Waals surface area (Å²) in [6.07, 6.45) is 2.38. The SMILES string of the molecule is COc1cc2c(cc1C(=O)Nc1cccc(-c3nncn3C(C)C)n1)CN(C(=O)C(C)(C)C)CC2. The molecule has 1 aliphatic heterocycles. The van der Waals surface area contributed by atoms with Crippen LogP contribution in [-0.4, -0.2) is 50.1 Å². The summed E-state index contributed by atoms with van der Waals surface area (Å²) in [7, 11) is 1.55. The van der Waals surface area contributed by atoms with E-state index in [4.69, 9.17) is 4.74 Å². The number of hydrogen-bond donors (Lipinski definition) is 1. The maximum atomic E-state index is 13.3. The Morgan fingerprint density at radius 1 is 1.14 bits per heavy atom. The number of rotatable bonds is 5. The first-order valence-corrected chi connectivity index (χ1v) is 11.8. The van der Waals surface area contributed by atoms with E-state index in [1.165, 1.54) is 0 Å². The third-order valence-electron chi connectivity index (χ3n) is 6.06. The Kier molecular flexibility index (Phi) is 6.60. The summed E-state index contributed by atoms with van der Waals surface area (Å²) < 4.78 is 7.46. The standard InChI is InChI=1S/C26H32N6O3/c1-16(2)32-15-27-30-23(32)20-8-7-9-22(28-20)29-24(33)19-12-18-14-31(25(34)26(3,4)5)11-10-17(18)13-21(19)35-6/h7-9,12-13,15-16H,10-11,14H2,1-6H3,(H,28,29,33). The van der Waals surface area contributed by atoms with Crippen molar-refractivity contribution >= 4 is 17.6 Å². The van der Waals surface area contributed by atoms with Crippen molar-refractivity contribution in [1.29, 1.82) is 0 Å². The van der Waals surface area contributed by atoms with Crippen LogP contribution in [0.3, 0.4) is 0 Å². The van der Waals surface area contributed by atoms with Gasteiger partial charge in [-0.1, -0.05) is 26.8 Å². The molecule has 9 heteroatoms. The van der Waals surface area contributed by atoms with Gasteiger partial charge < -0.3 is 19.5 Å². The molecule has 1 aromatic carbocycles. The van der Waals surface area contributed by atoms with Gasteiger partial charge in [-0.25, -0.2) is 4.98 Å². The Hall–Kier alpha value is -3.75. The highest BCUT2D eigenvalue weighted by atomic mass is 16.5. The molecule has 4 rings (SSSR count). The molecule has 3 aromatic rings. The van der Waals surface area contributed by atoms with Crippen LogP contribution in [0, 0.1) is 5.41 Å². The predicted octanol–water partition coefficient (Wildman–Crippen LogP) is 4.11. The van der Waals surface area contributed by atoms with Gasteiger partial charge in [0.05, 0.1) is 12.7 Å². The summed E-state index contributed by atoms with van der Waals surface area (Å²) in [4.78, 5) is 32.5. The smallest absolute Gasteiger partial charge is 0.260 e. The van der Waals surface area contributed by atoms with Crippen molar-refractivity contribution in [2.75, 3.05) is 19.0 Å². The number of methoxy groups -OCH3 is 1. The largest absolute Gasteiger partial charge is 0.496 e. The third-order valence-corrected chi connectivity index (χ3v) is 6.06. The number of hydrogen-bond acceptors (Lipinski definition) is 6. The van der Waals surface area contributed by atoms with Crippen LogP contribution < -0.4 is 10.1 Å². The molecule has 35 heavy (non-hydrogen) atoms. The summed E-state index contributed by atoms with van der Waals surface area (Å²) in [6.45, 7) is 10.9. The summed E-state index contributed by atoms with van der Waals surface area (Å²) in [5.41, 5.74) is 2.59. The first kappa shape index (κ1) is 24.4. The number of amides is 2. The molecule has 0 radical (unpaired) electrons. The molecule has 1 aliphatic rings. The van der Waals surface area contributed by atoms with Crippen molar-refractivity contribution in [3.63, 3.8) is 0 Å². The zero-order valence-electron chi connectivity index (χ0n) is 21.1. The molecule has 0 unspecified atom stereocenters. The van der Waals surface area contributed by atoms with Gasteiger partial charge in [-0.3, -0.25) is 9.59 Å². The van der Waals surface area contributed by atoms with Gasteiger partial charge in [0.1, 0.15) is 23.6 Å². The number of carbonyl (C=O) groups is 2. The van der Waals surface area contributed by atoms with Crippen LogP contribution in [-0.2, 0) is 17.8 Å². The second kappa shape index (κ2) is 9.48. The Morgan fingerprint density at radius 3 is 2.60 bits per heavy atom. The van der Waals surface area contributed by atoms with Crippen molar-refractivity contribution in [3.05, 3.63) is 53.3 Å². The molecule has 3 heterocycles. The second-order valence-electron chi connectivity index (χ2n) is 10.1. The number of pyridine rings is 1. The average molecular weight is 477 g/mol.